The number of carbonyl (C=O) groups excluding carboxylic acids is 3. The summed E-state index contributed by atoms with van der Waals surface area (Å²) in [7, 11) is 0. The van der Waals surface area contributed by atoms with Gasteiger partial charge in [0, 0.05) is 6.04 Å². The van der Waals surface area contributed by atoms with E-state index in [-0.39, 0.29) is 36.1 Å². The van der Waals surface area contributed by atoms with Gasteiger partial charge < -0.3 is 10.6 Å². The number of aryl methyl sites for hydroxylation is 1. The van der Waals surface area contributed by atoms with E-state index < -0.39 is 11.6 Å². The Hall–Kier alpha value is -2.44. The quantitative estimate of drug-likeness (QED) is 0.735. The molecule has 1 aliphatic carbocycles. The molecule has 28 heavy (non-hydrogen) atoms. The van der Waals surface area contributed by atoms with Crippen molar-refractivity contribution in [2.75, 3.05) is 6.54 Å². The van der Waals surface area contributed by atoms with Gasteiger partial charge in [0.1, 0.15) is 17.9 Å². The number of hydrogen-bond acceptors (Lipinski definition) is 3. The maximum absolute atomic E-state index is 12.9. The molecule has 1 saturated carbocycles. The Balaban J connectivity index is 1.52. The van der Waals surface area contributed by atoms with E-state index in [4.69, 9.17) is 0 Å². The third-order valence-corrected chi connectivity index (χ3v) is 5.99. The van der Waals surface area contributed by atoms with Gasteiger partial charge >= 0.3 is 6.03 Å². The Morgan fingerprint density at radius 3 is 2.71 bits per heavy atom. The molecule has 1 aromatic carbocycles. The molecule has 2 aliphatic rings. The van der Waals surface area contributed by atoms with Gasteiger partial charge in [-0.3, -0.25) is 14.5 Å². The van der Waals surface area contributed by atoms with Crippen molar-refractivity contribution < 1.29 is 18.8 Å². The summed E-state index contributed by atoms with van der Waals surface area (Å²) in [6, 6.07) is 5.68. The molecule has 1 aromatic rings. The fourth-order valence-corrected chi connectivity index (χ4v) is 4.21. The maximum Gasteiger partial charge on any atom is 0.325 e. The highest BCUT2D eigenvalue weighted by molar-refractivity contribution is 6.09. The van der Waals surface area contributed by atoms with Gasteiger partial charge in [0.25, 0.3) is 5.91 Å². The molecule has 3 atom stereocenters. The van der Waals surface area contributed by atoms with Gasteiger partial charge in [-0.1, -0.05) is 31.9 Å². The van der Waals surface area contributed by atoms with E-state index in [1.54, 1.807) is 12.1 Å². The van der Waals surface area contributed by atoms with E-state index in [9.17, 15) is 18.8 Å². The summed E-state index contributed by atoms with van der Waals surface area (Å²) in [5, 5.41) is 5.70. The molecule has 6 nitrogen and oxygen atoms in total. The van der Waals surface area contributed by atoms with Crippen LogP contribution in [0.1, 0.15) is 51.5 Å². The van der Waals surface area contributed by atoms with Crippen molar-refractivity contribution in [3.63, 3.8) is 0 Å². The highest BCUT2D eigenvalue weighted by Gasteiger charge is 2.55. The number of imide groups is 1. The zero-order valence-electron chi connectivity index (χ0n) is 16.5. The number of urea groups is 1. The number of hydrogen-bond donors (Lipinski definition) is 2. The van der Waals surface area contributed by atoms with Crippen LogP contribution in [0.3, 0.4) is 0 Å². The van der Waals surface area contributed by atoms with Gasteiger partial charge in [-0.25, -0.2) is 9.18 Å². The lowest BCUT2D eigenvalue weighted by Gasteiger charge is -2.36. The summed E-state index contributed by atoms with van der Waals surface area (Å²) >= 11 is 0. The van der Waals surface area contributed by atoms with E-state index in [1.807, 2.05) is 13.8 Å². The first-order chi connectivity index (χ1) is 13.3. The highest BCUT2D eigenvalue weighted by Crippen LogP contribution is 2.38. The molecule has 1 heterocycles. The monoisotopic (exact) mass is 389 g/mol. The molecule has 3 rings (SSSR count). The summed E-state index contributed by atoms with van der Waals surface area (Å²) < 4.78 is 12.9. The molecular formula is C21H28FN3O3. The summed E-state index contributed by atoms with van der Waals surface area (Å²) in [6.45, 7) is 3.59. The van der Waals surface area contributed by atoms with Crippen molar-refractivity contribution in [1.29, 1.82) is 0 Å². The Kier molecular flexibility index (Phi) is 6.01. The lowest BCUT2D eigenvalue weighted by Crippen LogP contribution is -2.54. The number of rotatable bonds is 6. The first-order valence-corrected chi connectivity index (χ1v) is 10.00. The molecule has 152 valence electrons. The Morgan fingerprint density at radius 1 is 1.32 bits per heavy atom. The first-order valence-electron chi connectivity index (χ1n) is 10.00. The van der Waals surface area contributed by atoms with Crippen LogP contribution >= 0.6 is 0 Å². The van der Waals surface area contributed by atoms with Crippen LogP contribution in [0.4, 0.5) is 9.18 Å². The molecule has 1 saturated heterocycles. The lowest BCUT2D eigenvalue weighted by atomic mass is 9.73. The third-order valence-electron chi connectivity index (χ3n) is 5.99. The van der Waals surface area contributed by atoms with Gasteiger partial charge in [-0.05, 0) is 56.2 Å². The fraction of sp³-hybridized carbons (Fsp3) is 0.571. The summed E-state index contributed by atoms with van der Waals surface area (Å²) in [4.78, 5) is 38.7. The van der Waals surface area contributed by atoms with Crippen LogP contribution in [0.15, 0.2) is 24.3 Å². The Bertz CT molecular complexity index is 752. The topological polar surface area (TPSA) is 78.5 Å². The largest absolute Gasteiger partial charge is 0.352 e. The number of nitrogens with zero attached hydrogens (tertiary/aromatic N) is 1. The second kappa shape index (κ2) is 8.29. The van der Waals surface area contributed by atoms with Crippen molar-refractivity contribution in [3.05, 3.63) is 35.6 Å². The van der Waals surface area contributed by atoms with Gasteiger partial charge in [-0.2, -0.15) is 0 Å². The Morgan fingerprint density at radius 2 is 2.04 bits per heavy atom. The molecule has 1 aliphatic heterocycles. The number of amides is 4. The molecule has 0 radical (unpaired) electrons. The molecule has 2 fully saturated rings. The molecule has 0 aromatic heterocycles. The molecule has 2 N–H and O–H groups in total. The normalized spacial score (nSPS) is 25.7. The van der Waals surface area contributed by atoms with E-state index in [1.165, 1.54) is 12.1 Å². The smallest absolute Gasteiger partial charge is 0.325 e. The Labute approximate surface area is 164 Å². The second-order valence-corrected chi connectivity index (χ2v) is 8.07. The predicted octanol–water partition coefficient (Wildman–Crippen LogP) is 2.76. The molecule has 4 amide bonds. The van der Waals surface area contributed by atoms with Gasteiger partial charge in [0.05, 0.1) is 0 Å². The zero-order chi connectivity index (χ0) is 20.3. The predicted molar refractivity (Wildman–Crippen MR) is 103 cm³/mol. The molecule has 1 spiro atoms. The summed E-state index contributed by atoms with van der Waals surface area (Å²) in [5.41, 5.74) is 0.147. The van der Waals surface area contributed by atoms with Crippen LogP contribution in [-0.4, -0.2) is 40.9 Å². The minimum Gasteiger partial charge on any atom is -0.352 e. The zero-order valence-corrected chi connectivity index (χ0v) is 16.5. The van der Waals surface area contributed by atoms with Crippen molar-refractivity contribution >= 4 is 17.8 Å². The van der Waals surface area contributed by atoms with E-state index in [2.05, 4.69) is 10.6 Å². The van der Waals surface area contributed by atoms with Crippen LogP contribution in [0, 0.1) is 11.7 Å². The van der Waals surface area contributed by atoms with Gasteiger partial charge in [0.2, 0.25) is 5.91 Å². The van der Waals surface area contributed by atoms with E-state index in [0.717, 1.165) is 29.7 Å². The summed E-state index contributed by atoms with van der Waals surface area (Å²) in [6.07, 6.45) is 4.86. The van der Waals surface area contributed by atoms with Crippen LogP contribution in [0.5, 0.6) is 0 Å². The number of carbonyl (C=O) groups is 3. The minimum absolute atomic E-state index is 0.0698. The number of halogens is 1. The molecule has 0 unspecified atom stereocenters. The average Bonchev–Trinajstić information content (AvgIpc) is 2.89. The molecule has 0 bridgehead atoms. The van der Waals surface area contributed by atoms with Crippen LogP contribution < -0.4 is 10.6 Å². The average molecular weight is 389 g/mol. The number of benzene rings is 1. The standard InChI is InChI=1S/C21H28FN3O3/c1-14-5-3-4-12-21(14)19(27)25(20(28)24-21)13-18(26)23-15(2)6-7-16-8-10-17(22)11-9-16/h8-11,14-15H,3-7,12-13H2,1-2H3,(H,23,26)(H,24,28)/t14-,15+,21+/m0/s1. The minimum atomic E-state index is -0.843. The van der Waals surface area contributed by atoms with Gasteiger partial charge in [-0.15, -0.1) is 0 Å². The van der Waals surface area contributed by atoms with Gasteiger partial charge in [0.15, 0.2) is 0 Å². The highest BCUT2D eigenvalue weighted by atomic mass is 19.1. The third kappa shape index (κ3) is 4.18. The SMILES string of the molecule is C[C@H](CCc1ccc(F)cc1)NC(=O)CN1C(=O)N[C@@]2(CCCC[C@@H]2C)C1=O. The van der Waals surface area contributed by atoms with E-state index >= 15 is 0 Å². The van der Waals surface area contributed by atoms with Crippen LogP contribution in [0.2, 0.25) is 0 Å². The second-order valence-electron chi connectivity index (χ2n) is 8.07. The molecular weight excluding hydrogens is 361 g/mol. The fourth-order valence-electron chi connectivity index (χ4n) is 4.21. The van der Waals surface area contributed by atoms with Crippen molar-refractivity contribution in [2.45, 2.75) is 64.0 Å². The van der Waals surface area contributed by atoms with Crippen molar-refractivity contribution in [1.82, 2.24) is 15.5 Å². The summed E-state index contributed by atoms with van der Waals surface area (Å²) in [5.74, 6) is -0.835. The van der Waals surface area contributed by atoms with Crippen LogP contribution in [0.25, 0.3) is 0 Å². The lowest BCUT2D eigenvalue weighted by molar-refractivity contribution is -0.137. The first kappa shape index (κ1) is 20.3. The molecule has 7 heteroatoms. The maximum atomic E-state index is 12.9. The van der Waals surface area contributed by atoms with E-state index in [0.29, 0.717) is 19.3 Å². The van der Waals surface area contributed by atoms with Crippen molar-refractivity contribution in [2.24, 2.45) is 5.92 Å². The van der Waals surface area contributed by atoms with Crippen LogP contribution in [-0.2, 0) is 16.0 Å². The van der Waals surface area contributed by atoms with Crippen molar-refractivity contribution in [3.8, 4) is 0 Å². The number of nitrogens with one attached hydrogen (secondary N) is 2.